The van der Waals surface area contributed by atoms with Gasteiger partial charge in [-0.2, -0.15) is 0 Å². The molecular formula is C24H12F4O12. The van der Waals surface area contributed by atoms with Gasteiger partial charge in [-0.25, -0.2) is 36.7 Å². The quantitative estimate of drug-likeness (QED) is 0.113. The third-order valence-electron chi connectivity index (χ3n) is 4.93. The van der Waals surface area contributed by atoms with Crippen LogP contribution in [0, 0.1) is 23.3 Å². The number of hydrogen-bond donors (Lipinski definition) is 0. The summed E-state index contributed by atoms with van der Waals surface area (Å²) in [5, 5.41) is 0. The van der Waals surface area contributed by atoms with E-state index in [1.165, 1.54) is 0 Å². The molecule has 4 aliphatic heterocycles. The zero-order valence-corrected chi connectivity index (χ0v) is 19.5. The molecule has 40 heavy (non-hydrogen) atoms. The van der Waals surface area contributed by atoms with E-state index in [0.29, 0.717) is 11.1 Å². The van der Waals surface area contributed by atoms with Gasteiger partial charge in [0, 0.05) is 0 Å². The van der Waals surface area contributed by atoms with E-state index in [4.69, 9.17) is 0 Å². The number of ether oxygens (including phenoxy) is 4. The minimum atomic E-state index is -2.15. The normalized spacial score (nSPS) is 16.3. The fourth-order valence-corrected chi connectivity index (χ4v) is 3.10. The maximum Gasteiger partial charge on any atom is 0.350 e. The minimum Gasteiger partial charge on any atom is -0.393 e. The van der Waals surface area contributed by atoms with E-state index in [1.54, 1.807) is 24.3 Å². The second-order valence-corrected chi connectivity index (χ2v) is 7.60. The molecule has 0 aromatic heterocycles. The van der Waals surface area contributed by atoms with Gasteiger partial charge in [0.25, 0.3) is 0 Å². The maximum atomic E-state index is 12.9. The van der Waals surface area contributed by atoms with Gasteiger partial charge in [0.05, 0.1) is 36.8 Å². The molecule has 0 saturated carbocycles. The summed E-state index contributed by atoms with van der Waals surface area (Å²) in [4.78, 5) is 83.3. The lowest BCUT2D eigenvalue weighted by atomic mass is 10.1. The van der Waals surface area contributed by atoms with E-state index in [0.717, 1.165) is 0 Å². The van der Waals surface area contributed by atoms with Gasteiger partial charge in [-0.05, 0) is 12.1 Å². The average molecular weight is 568 g/mol. The van der Waals surface area contributed by atoms with Crippen LogP contribution in [0.3, 0.4) is 0 Å². The molecule has 0 radical (unpaired) electrons. The molecule has 16 heteroatoms. The smallest absolute Gasteiger partial charge is 0.350 e. The number of rotatable bonds is 0. The van der Waals surface area contributed by atoms with Crippen molar-refractivity contribution in [3.05, 3.63) is 69.8 Å². The van der Waals surface area contributed by atoms with Crippen molar-refractivity contribution < 1.29 is 74.9 Å². The molecule has 0 amide bonds. The second-order valence-electron chi connectivity index (χ2n) is 7.60. The Hall–Kier alpha value is -5.28. The molecule has 0 bridgehead atoms. The van der Waals surface area contributed by atoms with E-state index >= 15 is 0 Å². The van der Waals surface area contributed by atoms with E-state index in [1.807, 2.05) is 0 Å². The van der Waals surface area contributed by atoms with E-state index in [-0.39, 0.29) is 25.7 Å². The lowest BCUT2D eigenvalue weighted by Gasteiger charge is -2.00. The van der Waals surface area contributed by atoms with Crippen LogP contribution in [-0.4, -0.2) is 47.8 Å². The van der Waals surface area contributed by atoms with Gasteiger partial charge in [-0.1, -0.05) is 12.1 Å². The standard InChI is InChI=1S/C8F4O3.C8H4O3.2C4H4O3/c9-3-1-2(8(14)15-7(1)13)4(10)6(12)5(3)11;9-7-5-3-1-2-4-6(5)8(10)11-7;2*5-3-1-2-4(6)7-3/h;1-4H;2*1-2H2. The average Bonchev–Trinajstić information content (AvgIpc) is 3.64. The molecule has 0 aliphatic carbocycles. The molecule has 2 fully saturated rings. The summed E-state index contributed by atoms with van der Waals surface area (Å²) in [5.41, 5.74) is -1.71. The van der Waals surface area contributed by atoms with Crippen molar-refractivity contribution in [3.63, 3.8) is 0 Å². The molecule has 12 nitrogen and oxygen atoms in total. The number of carbonyl (C=O) groups is 8. The van der Waals surface area contributed by atoms with Crippen molar-refractivity contribution in [2.24, 2.45) is 0 Å². The second kappa shape index (κ2) is 12.1. The van der Waals surface area contributed by atoms with Crippen LogP contribution in [0.1, 0.15) is 67.1 Å². The number of cyclic esters (lactones) is 8. The predicted octanol–water partition coefficient (Wildman–Crippen LogP) is 2.25. The van der Waals surface area contributed by atoms with Crippen molar-refractivity contribution in [1.29, 1.82) is 0 Å². The van der Waals surface area contributed by atoms with Crippen LogP contribution in [0.15, 0.2) is 24.3 Å². The zero-order valence-electron chi connectivity index (χ0n) is 19.5. The van der Waals surface area contributed by atoms with Gasteiger partial charge in [-0.15, -0.1) is 0 Å². The maximum absolute atomic E-state index is 12.9. The molecule has 0 N–H and O–H groups in total. The molecular weight excluding hydrogens is 556 g/mol. The zero-order chi connectivity index (χ0) is 29.7. The monoisotopic (exact) mass is 568 g/mol. The van der Waals surface area contributed by atoms with Crippen molar-refractivity contribution in [2.75, 3.05) is 0 Å². The van der Waals surface area contributed by atoms with Crippen LogP contribution in [0.2, 0.25) is 0 Å². The first kappa shape index (κ1) is 29.3. The number of halogens is 4. The van der Waals surface area contributed by atoms with Crippen LogP contribution in [0.5, 0.6) is 0 Å². The first-order chi connectivity index (χ1) is 18.8. The number of carbonyl (C=O) groups excluding carboxylic acids is 8. The van der Waals surface area contributed by atoms with Crippen molar-refractivity contribution in [1.82, 2.24) is 0 Å². The third-order valence-corrected chi connectivity index (χ3v) is 4.93. The van der Waals surface area contributed by atoms with Crippen LogP contribution < -0.4 is 0 Å². The van der Waals surface area contributed by atoms with Crippen molar-refractivity contribution >= 4 is 47.8 Å². The summed E-state index contributed by atoms with van der Waals surface area (Å²) in [6.07, 6.45) is 1.05. The Balaban J connectivity index is 0.000000155. The molecule has 2 saturated heterocycles. The van der Waals surface area contributed by atoms with E-state index < -0.39 is 82.2 Å². The molecule has 2 aromatic carbocycles. The molecule has 4 aliphatic rings. The summed E-state index contributed by atoms with van der Waals surface area (Å²) in [6.45, 7) is 0. The first-order valence-corrected chi connectivity index (χ1v) is 10.8. The Morgan fingerprint density at radius 2 is 0.725 bits per heavy atom. The highest BCUT2D eigenvalue weighted by molar-refractivity contribution is 6.15. The third kappa shape index (κ3) is 6.40. The number of fused-ring (bicyclic) bond motifs is 2. The Morgan fingerprint density at radius 3 is 1.00 bits per heavy atom. The molecule has 4 heterocycles. The first-order valence-electron chi connectivity index (χ1n) is 10.8. The molecule has 208 valence electrons. The largest absolute Gasteiger partial charge is 0.393 e. The fourth-order valence-electron chi connectivity index (χ4n) is 3.10. The van der Waals surface area contributed by atoms with Gasteiger partial charge in [-0.3, -0.25) is 19.2 Å². The minimum absolute atomic E-state index is 0.263. The van der Waals surface area contributed by atoms with Gasteiger partial charge >= 0.3 is 47.8 Å². The molecule has 0 spiro atoms. The molecule has 0 unspecified atom stereocenters. The Morgan fingerprint density at radius 1 is 0.425 bits per heavy atom. The van der Waals surface area contributed by atoms with E-state index in [9.17, 15) is 55.9 Å². The SMILES string of the molecule is O=C1CCC(=O)O1.O=C1CCC(=O)O1.O=C1OC(=O)c2c(F)c(F)c(F)c(F)c21.O=C1OC(=O)c2ccccc21. The van der Waals surface area contributed by atoms with Gasteiger partial charge in [0.15, 0.2) is 23.3 Å². The van der Waals surface area contributed by atoms with Crippen LogP contribution in [0.4, 0.5) is 17.6 Å². The lowest BCUT2D eigenvalue weighted by molar-refractivity contribution is -0.153. The summed E-state index contributed by atoms with van der Waals surface area (Å²) in [6, 6.07) is 6.53. The van der Waals surface area contributed by atoms with Crippen LogP contribution in [-0.2, 0) is 38.1 Å². The summed E-state index contributed by atoms with van der Waals surface area (Å²) in [5.74, 6) is -13.9. The molecule has 0 atom stereocenters. The molecule has 2 aromatic rings. The summed E-state index contributed by atoms with van der Waals surface area (Å²) < 4.78 is 67.5. The number of benzene rings is 2. The van der Waals surface area contributed by atoms with Crippen molar-refractivity contribution in [2.45, 2.75) is 25.7 Å². The van der Waals surface area contributed by atoms with Crippen LogP contribution in [0.25, 0.3) is 0 Å². The topological polar surface area (TPSA) is 173 Å². The Kier molecular flexibility index (Phi) is 8.82. The Labute approximate surface area is 218 Å². The lowest BCUT2D eigenvalue weighted by Crippen LogP contribution is -2.07. The van der Waals surface area contributed by atoms with Crippen molar-refractivity contribution in [3.8, 4) is 0 Å². The van der Waals surface area contributed by atoms with Gasteiger partial charge < -0.3 is 18.9 Å². The van der Waals surface area contributed by atoms with E-state index in [2.05, 4.69) is 18.9 Å². The highest BCUT2D eigenvalue weighted by Crippen LogP contribution is 2.29. The highest BCUT2D eigenvalue weighted by atomic mass is 19.2. The fraction of sp³-hybridized carbons (Fsp3) is 0.167. The Bertz CT molecular complexity index is 1360. The highest BCUT2D eigenvalue weighted by Gasteiger charge is 2.40. The number of esters is 8. The number of hydrogen-bond acceptors (Lipinski definition) is 12. The summed E-state index contributed by atoms with van der Waals surface area (Å²) in [7, 11) is 0. The van der Waals surface area contributed by atoms with Gasteiger partial charge in [0.1, 0.15) is 11.1 Å². The van der Waals surface area contributed by atoms with Gasteiger partial charge in [0.2, 0.25) is 0 Å². The predicted molar refractivity (Wildman–Crippen MR) is 113 cm³/mol. The summed E-state index contributed by atoms with van der Waals surface area (Å²) >= 11 is 0. The van der Waals surface area contributed by atoms with Crippen LogP contribution >= 0.6 is 0 Å². The molecule has 6 rings (SSSR count).